The fourth-order valence-electron chi connectivity index (χ4n) is 3.69. The van der Waals surface area contributed by atoms with Crippen molar-refractivity contribution in [3.8, 4) is 0 Å². The van der Waals surface area contributed by atoms with Crippen molar-refractivity contribution < 1.29 is 4.79 Å². The van der Waals surface area contributed by atoms with Gasteiger partial charge in [0.1, 0.15) is 0 Å². The molecule has 29 heavy (non-hydrogen) atoms. The molecular weight excluding hydrogens is 360 g/mol. The fraction of sp³-hybridized carbons (Fsp3) is 0.0417. The summed E-state index contributed by atoms with van der Waals surface area (Å²) in [4.78, 5) is 21.7. The zero-order valence-corrected chi connectivity index (χ0v) is 15.5. The number of hydrogen-bond acceptors (Lipinski definition) is 3. The van der Waals surface area contributed by atoms with Crippen LogP contribution in [0.1, 0.15) is 22.9 Å². The van der Waals surface area contributed by atoms with Crippen LogP contribution in [-0.2, 0) is 0 Å². The van der Waals surface area contributed by atoms with Gasteiger partial charge in [-0.15, -0.1) is 0 Å². The van der Waals surface area contributed by atoms with Gasteiger partial charge in [-0.3, -0.25) is 4.98 Å². The first-order valence-corrected chi connectivity index (χ1v) is 9.43. The lowest BCUT2D eigenvalue weighted by Crippen LogP contribution is -2.43. The monoisotopic (exact) mass is 378 g/mol. The summed E-state index contributed by atoms with van der Waals surface area (Å²) in [5.74, 6) is 0. The highest BCUT2D eigenvalue weighted by atomic mass is 16.2. The van der Waals surface area contributed by atoms with Gasteiger partial charge >= 0.3 is 6.03 Å². The van der Waals surface area contributed by atoms with Gasteiger partial charge in [0, 0.05) is 23.4 Å². The molecule has 2 aromatic heterocycles. The van der Waals surface area contributed by atoms with Crippen molar-refractivity contribution in [3.05, 3.63) is 108 Å². The first-order valence-electron chi connectivity index (χ1n) is 9.43. The second kappa shape index (κ2) is 7.20. The maximum absolute atomic E-state index is 12.5. The third-order valence-electron chi connectivity index (χ3n) is 5.03. The number of benzene rings is 2. The Morgan fingerprint density at radius 3 is 2.48 bits per heavy atom. The van der Waals surface area contributed by atoms with Crippen molar-refractivity contribution in [3.63, 3.8) is 0 Å². The summed E-state index contributed by atoms with van der Waals surface area (Å²) in [6.07, 6.45) is 3.50. The Morgan fingerprint density at radius 1 is 0.828 bits per heavy atom. The molecule has 4 aromatic rings. The lowest BCUT2D eigenvalue weighted by atomic mass is 9.91. The predicted molar refractivity (Wildman–Crippen MR) is 114 cm³/mol. The number of nitrogens with zero attached hydrogens (tertiary/aromatic N) is 2. The summed E-state index contributed by atoms with van der Waals surface area (Å²) < 4.78 is 0. The normalized spacial score (nSPS) is 16.4. The number of carbonyl (C=O) groups excluding carboxylic acids is 1. The van der Waals surface area contributed by atoms with E-state index in [1.807, 2.05) is 72.8 Å². The molecule has 0 bridgehead atoms. The topological polar surface area (TPSA) is 66.9 Å². The molecule has 5 rings (SSSR count). The van der Waals surface area contributed by atoms with E-state index in [0.717, 1.165) is 39.0 Å². The number of carbonyl (C=O) groups is 1. The Labute approximate surface area is 168 Å². The molecule has 2 N–H and O–H groups in total. The van der Waals surface area contributed by atoms with Crippen molar-refractivity contribution in [1.82, 2.24) is 20.6 Å². The van der Waals surface area contributed by atoms with Crippen LogP contribution in [0.3, 0.4) is 0 Å². The summed E-state index contributed by atoms with van der Waals surface area (Å²) >= 11 is 0. The number of para-hydroxylation sites is 1. The summed E-state index contributed by atoms with van der Waals surface area (Å²) in [6.45, 7) is 0. The molecule has 140 valence electrons. The zero-order chi connectivity index (χ0) is 19.6. The van der Waals surface area contributed by atoms with Gasteiger partial charge in [0.25, 0.3) is 0 Å². The molecule has 1 aliphatic rings. The van der Waals surface area contributed by atoms with Gasteiger partial charge in [0.05, 0.1) is 22.9 Å². The highest BCUT2D eigenvalue weighted by Crippen LogP contribution is 2.37. The number of amides is 2. The molecule has 3 heterocycles. The molecule has 5 heteroatoms. The second-order valence-electron chi connectivity index (χ2n) is 6.86. The molecule has 0 spiro atoms. The molecule has 0 radical (unpaired) electrons. The number of fused-ring (bicyclic) bond motifs is 1. The maximum atomic E-state index is 12.5. The molecule has 0 saturated carbocycles. The van der Waals surface area contributed by atoms with E-state index < -0.39 is 0 Å². The van der Waals surface area contributed by atoms with Crippen LogP contribution in [0, 0.1) is 0 Å². The van der Waals surface area contributed by atoms with E-state index in [1.165, 1.54) is 0 Å². The van der Waals surface area contributed by atoms with E-state index in [-0.39, 0.29) is 12.1 Å². The van der Waals surface area contributed by atoms with Gasteiger partial charge in [-0.05, 0) is 29.3 Å². The van der Waals surface area contributed by atoms with Crippen molar-refractivity contribution in [2.45, 2.75) is 6.04 Å². The van der Waals surface area contributed by atoms with Gasteiger partial charge in [-0.2, -0.15) is 0 Å². The minimum atomic E-state index is -0.360. The molecular formula is C24H18N4O. The lowest BCUT2D eigenvalue weighted by Gasteiger charge is -2.30. The maximum Gasteiger partial charge on any atom is 0.320 e. The minimum Gasteiger partial charge on any atom is -0.327 e. The molecule has 0 fully saturated rings. The van der Waals surface area contributed by atoms with Crippen molar-refractivity contribution >= 4 is 28.2 Å². The number of nitrogens with one attached hydrogen (secondary N) is 2. The number of urea groups is 1. The Balaban J connectivity index is 1.78. The molecule has 1 aliphatic heterocycles. The van der Waals surface area contributed by atoms with Gasteiger partial charge < -0.3 is 10.6 Å². The molecule has 1 atom stereocenters. The summed E-state index contributed by atoms with van der Waals surface area (Å²) in [6, 6.07) is 25.2. The Morgan fingerprint density at radius 2 is 1.66 bits per heavy atom. The first kappa shape index (κ1) is 17.1. The summed E-state index contributed by atoms with van der Waals surface area (Å²) in [5.41, 5.74) is 5.22. The van der Waals surface area contributed by atoms with E-state index in [9.17, 15) is 4.79 Å². The molecule has 2 aromatic carbocycles. The highest BCUT2D eigenvalue weighted by molar-refractivity contribution is 6.03. The van der Waals surface area contributed by atoms with E-state index in [2.05, 4.69) is 21.7 Å². The molecule has 5 nitrogen and oxygen atoms in total. The highest BCUT2D eigenvalue weighted by Gasteiger charge is 2.31. The van der Waals surface area contributed by atoms with Crippen LogP contribution in [0.4, 0.5) is 4.79 Å². The fourth-order valence-corrected chi connectivity index (χ4v) is 3.69. The van der Waals surface area contributed by atoms with E-state index in [1.54, 1.807) is 12.4 Å². The smallest absolute Gasteiger partial charge is 0.320 e. The van der Waals surface area contributed by atoms with Gasteiger partial charge in [0.15, 0.2) is 0 Å². The number of pyridine rings is 2. The molecule has 0 saturated heterocycles. The average molecular weight is 378 g/mol. The Bertz CT molecular complexity index is 1220. The van der Waals surface area contributed by atoms with Gasteiger partial charge in [-0.1, -0.05) is 60.7 Å². The number of hydrogen-bond donors (Lipinski definition) is 2. The van der Waals surface area contributed by atoms with E-state index in [0.29, 0.717) is 0 Å². The quantitative estimate of drug-likeness (QED) is 0.549. The third-order valence-corrected chi connectivity index (χ3v) is 5.03. The van der Waals surface area contributed by atoms with Crippen LogP contribution in [0.5, 0.6) is 0 Å². The van der Waals surface area contributed by atoms with Crippen LogP contribution in [0.2, 0.25) is 0 Å². The van der Waals surface area contributed by atoms with Crippen LogP contribution >= 0.6 is 0 Å². The molecule has 2 amide bonds. The average Bonchev–Trinajstić information content (AvgIpc) is 2.79. The van der Waals surface area contributed by atoms with Crippen molar-refractivity contribution in [1.29, 1.82) is 0 Å². The van der Waals surface area contributed by atoms with Gasteiger partial charge in [0.2, 0.25) is 0 Å². The number of aromatic nitrogens is 2. The van der Waals surface area contributed by atoms with Crippen LogP contribution in [0.25, 0.3) is 22.2 Å². The Hall–Kier alpha value is -3.99. The zero-order valence-electron chi connectivity index (χ0n) is 15.5. The first-order chi connectivity index (χ1) is 14.3. The van der Waals surface area contributed by atoms with Crippen LogP contribution in [0.15, 0.2) is 91.3 Å². The van der Waals surface area contributed by atoms with Crippen LogP contribution in [-0.4, -0.2) is 16.0 Å². The largest absolute Gasteiger partial charge is 0.327 e. The van der Waals surface area contributed by atoms with Crippen LogP contribution < -0.4 is 10.6 Å². The summed E-state index contributed by atoms with van der Waals surface area (Å²) in [5, 5.41) is 7.11. The summed E-state index contributed by atoms with van der Waals surface area (Å²) in [7, 11) is 0. The SMILES string of the molecule is O=C1NC(c2ccccc2)=C(c2ccc3ccccc3n2)[C@H](c2cccnc2)N1. The van der Waals surface area contributed by atoms with Crippen molar-refractivity contribution in [2.75, 3.05) is 0 Å². The molecule has 0 aliphatic carbocycles. The lowest BCUT2D eigenvalue weighted by molar-refractivity contribution is 0.242. The number of rotatable bonds is 3. The second-order valence-corrected chi connectivity index (χ2v) is 6.86. The Kier molecular flexibility index (Phi) is 4.26. The van der Waals surface area contributed by atoms with E-state index in [4.69, 9.17) is 4.98 Å². The standard InChI is InChI=1S/C24H18N4O/c29-24-27-22(17-8-2-1-3-9-17)21(23(28-24)18-10-6-14-25-15-18)20-13-12-16-7-4-5-11-19(16)26-20/h1-15,23H,(H2,27,28,29)/t23-/m0/s1. The van der Waals surface area contributed by atoms with Crippen molar-refractivity contribution in [2.24, 2.45) is 0 Å². The molecule has 0 unspecified atom stereocenters. The third kappa shape index (κ3) is 3.23. The minimum absolute atomic E-state index is 0.248. The predicted octanol–water partition coefficient (Wildman–Crippen LogP) is 4.55. The van der Waals surface area contributed by atoms with E-state index >= 15 is 0 Å². The van der Waals surface area contributed by atoms with Gasteiger partial charge in [-0.25, -0.2) is 9.78 Å².